The lowest BCUT2D eigenvalue weighted by Gasteiger charge is -2.43. The first-order chi connectivity index (χ1) is 18.5. The first kappa shape index (κ1) is 30.7. The first-order valence-corrected chi connectivity index (χ1v) is 11.8. The number of phenolic OH excluding ortho intramolecular Hbond substituents is 1. The van der Waals surface area contributed by atoms with Crippen LogP contribution in [-0.2, 0) is 33.3 Å². The van der Waals surface area contributed by atoms with Crippen LogP contribution in [0.4, 0.5) is 0 Å². The smallest absolute Gasteiger partial charge is 0.331 e. The van der Waals surface area contributed by atoms with Crippen molar-refractivity contribution in [2.24, 2.45) is 0 Å². The summed E-state index contributed by atoms with van der Waals surface area (Å²) >= 11 is 0. The Balaban J connectivity index is 1.91. The summed E-state index contributed by atoms with van der Waals surface area (Å²) < 4.78 is 32.2. The first-order valence-electron chi connectivity index (χ1n) is 11.8. The highest BCUT2D eigenvalue weighted by Crippen LogP contribution is 2.39. The molecule has 0 aliphatic carbocycles. The number of hydrogen-bond acceptors (Lipinski definition) is 15. The van der Waals surface area contributed by atoms with Gasteiger partial charge in [0, 0.05) is 13.0 Å². The third-order valence-electron chi connectivity index (χ3n) is 6.17. The summed E-state index contributed by atoms with van der Waals surface area (Å²) in [5.74, 6) is -4.29. The number of hydrogen-bond donors (Lipinski definition) is 7. The molecule has 39 heavy (non-hydrogen) atoms. The van der Waals surface area contributed by atoms with Gasteiger partial charge in [0.05, 0.1) is 20.3 Å². The highest BCUT2D eigenvalue weighted by molar-refractivity contribution is 5.87. The van der Waals surface area contributed by atoms with Gasteiger partial charge in [0.25, 0.3) is 0 Å². The number of rotatable bonds is 10. The Bertz CT molecular complexity index is 1030. The molecule has 0 spiro atoms. The van der Waals surface area contributed by atoms with Gasteiger partial charge < -0.3 is 64.2 Å². The molecule has 3 rings (SSSR count). The molecule has 2 fully saturated rings. The molecule has 0 unspecified atom stereocenters. The van der Waals surface area contributed by atoms with Gasteiger partial charge >= 0.3 is 11.9 Å². The third kappa shape index (κ3) is 6.66. The summed E-state index contributed by atoms with van der Waals surface area (Å²) in [4.78, 5) is 24.6. The average molecular weight is 561 g/mol. The highest BCUT2D eigenvalue weighted by Gasteiger charge is 2.62. The van der Waals surface area contributed by atoms with Crippen LogP contribution in [-0.4, -0.2) is 129 Å². The largest absolute Gasteiger partial charge is 0.504 e. The number of aliphatic hydroxyl groups is 6. The molecular formula is C24H32O15. The molecule has 0 aromatic heterocycles. The standard InChI is InChI=1S/C24H32O15/c1-11(28)35-21-16(9-26)38-24(10-27,39-23-20(33)19(32)18(31)15(8-25)36-23)22(21)37-17(30)6-4-12-3-5-13(29)14(7-12)34-2/h3-7,15-16,18-23,25-27,29,31-33H,8-10H2,1-2H3/b6-4+/t15-,16+,18-,19+,20-,21-,22+,23-,24+/m1/s1. The Morgan fingerprint density at radius 1 is 1.03 bits per heavy atom. The number of methoxy groups -OCH3 is 1. The lowest BCUT2D eigenvalue weighted by molar-refractivity contribution is -0.383. The number of carbonyl (C=O) groups is 2. The van der Waals surface area contributed by atoms with Crippen LogP contribution >= 0.6 is 0 Å². The summed E-state index contributed by atoms with van der Waals surface area (Å²) in [6, 6.07) is 4.24. The number of phenols is 1. The molecule has 2 aliphatic heterocycles. The van der Waals surface area contributed by atoms with Crippen molar-refractivity contribution in [3.05, 3.63) is 29.8 Å². The van der Waals surface area contributed by atoms with E-state index in [4.69, 9.17) is 28.4 Å². The van der Waals surface area contributed by atoms with E-state index in [0.717, 1.165) is 13.0 Å². The number of ether oxygens (including phenoxy) is 6. The van der Waals surface area contributed by atoms with Crippen LogP contribution < -0.4 is 4.74 Å². The fourth-order valence-corrected chi connectivity index (χ4v) is 4.21. The Hall–Kier alpha value is -2.86. The van der Waals surface area contributed by atoms with Crippen molar-refractivity contribution >= 4 is 18.0 Å². The summed E-state index contributed by atoms with van der Waals surface area (Å²) in [6.07, 6.45) is -11.1. The molecular weight excluding hydrogens is 528 g/mol. The minimum atomic E-state index is -2.41. The minimum absolute atomic E-state index is 0.127. The van der Waals surface area contributed by atoms with Gasteiger partial charge in [-0.05, 0) is 23.8 Å². The molecule has 2 saturated heterocycles. The van der Waals surface area contributed by atoms with Crippen molar-refractivity contribution < 1.29 is 73.8 Å². The molecule has 2 heterocycles. The quantitative estimate of drug-likeness (QED) is 0.113. The highest BCUT2D eigenvalue weighted by atomic mass is 16.8. The zero-order valence-electron chi connectivity index (χ0n) is 21.0. The van der Waals surface area contributed by atoms with Crippen LogP contribution in [0.3, 0.4) is 0 Å². The maximum Gasteiger partial charge on any atom is 0.331 e. The Morgan fingerprint density at radius 3 is 2.31 bits per heavy atom. The van der Waals surface area contributed by atoms with E-state index >= 15 is 0 Å². The van der Waals surface area contributed by atoms with Crippen LogP contribution in [0.25, 0.3) is 6.08 Å². The molecule has 218 valence electrons. The van der Waals surface area contributed by atoms with E-state index in [-0.39, 0.29) is 11.5 Å². The molecule has 15 nitrogen and oxygen atoms in total. The summed E-state index contributed by atoms with van der Waals surface area (Å²) in [7, 11) is 1.34. The van der Waals surface area contributed by atoms with Crippen molar-refractivity contribution in [2.45, 2.75) is 61.7 Å². The van der Waals surface area contributed by atoms with Crippen LogP contribution in [0.2, 0.25) is 0 Å². The maximum atomic E-state index is 12.8. The molecule has 15 heteroatoms. The van der Waals surface area contributed by atoms with Gasteiger partial charge in [0.15, 0.2) is 30.0 Å². The van der Waals surface area contributed by atoms with E-state index in [9.17, 15) is 45.3 Å². The van der Waals surface area contributed by atoms with Gasteiger partial charge in [-0.25, -0.2) is 4.79 Å². The average Bonchev–Trinajstić information content (AvgIpc) is 3.19. The number of aliphatic hydroxyl groups excluding tert-OH is 6. The van der Waals surface area contributed by atoms with Crippen molar-refractivity contribution in [1.82, 2.24) is 0 Å². The number of aromatic hydroxyl groups is 1. The summed E-state index contributed by atoms with van der Waals surface area (Å²) in [5, 5.41) is 69.9. The van der Waals surface area contributed by atoms with Crippen LogP contribution in [0, 0.1) is 0 Å². The molecule has 0 bridgehead atoms. The lowest BCUT2D eigenvalue weighted by Crippen LogP contribution is -2.63. The number of esters is 2. The zero-order valence-corrected chi connectivity index (χ0v) is 21.0. The van der Waals surface area contributed by atoms with Gasteiger partial charge in [-0.15, -0.1) is 0 Å². The number of benzene rings is 1. The van der Waals surface area contributed by atoms with Gasteiger partial charge in [-0.1, -0.05) is 6.07 Å². The van der Waals surface area contributed by atoms with E-state index < -0.39 is 86.6 Å². The molecule has 2 aliphatic rings. The van der Waals surface area contributed by atoms with E-state index in [1.807, 2.05) is 0 Å². The second kappa shape index (κ2) is 13.0. The molecule has 7 N–H and O–H groups in total. The summed E-state index contributed by atoms with van der Waals surface area (Å²) in [5.41, 5.74) is 0.431. The fraction of sp³-hybridized carbons (Fsp3) is 0.583. The third-order valence-corrected chi connectivity index (χ3v) is 6.17. The molecule has 9 atom stereocenters. The molecule has 1 aromatic rings. The molecule has 0 amide bonds. The number of carbonyl (C=O) groups excluding carboxylic acids is 2. The van der Waals surface area contributed by atoms with Gasteiger partial charge in [-0.3, -0.25) is 4.79 Å². The predicted molar refractivity (Wildman–Crippen MR) is 126 cm³/mol. The van der Waals surface area contributed by atoms with Gasteiger partial charge in [-0.2, -0.15) is 0 Å². The molecule has 0 radical (unpaired) electrons. The van der Waals surface area contributed by atoms with E-state index in [2.05, 4.69) is 0 Å². The maximum absolute atomic E-state index is 12.8. The van der Waals surface area contributed by atoms with Crippen molar-refractivity contribution in [3.8, 4) is 11.5 Å². The summed E-state index contributed by atoms with van der Waals surface area (Å²) in [6.45, 7) is -1.61. The van der Waals surface area contributed by atoms with Crippen molar-refractivity contribution in [1.29, 1.82) is 0 Å². The van der Waals surface area contributed by atoms with Crippen LogP contribution in [0.15, 0.2) is 24.3 Å². The zero-order chi connectivity index (χ0) is 28.9. The second-order valence-corrected chi connectivity index (χ2v) is 8.82. The minimum Gasteiger partial charge on any atom is -0.504 e. The topological polar surface area (TPSA) is 231 Å². The second-order valence-electron chi connectivity index (χ2n) is 8.82. The van der Waals surface area contributed by atoms with Crippen molar-refractivity contribution in [3.63, 3.8) is 0 Å². The predicted octanol–water partition coefficient (Wildman–Crippen LogP) is -2.85. The van der Waals surface area contributed by atoms with Crippen LogP contribution in [0.5, 0.6) is 11.5 Å². The SMILES string of the molecule is COc1cc(/C=C/C(=O)O[C@H]2[C@H](OC(C)=O)[C@H](CO)O[C@@]2(CO)O[C@H]2O[C@H](CO)[C@@H](O)[C@H](O)[C@H]2O)ccc1O. The van der Waals surface area contributed by atoms with E-state index in [1.165, 1.54) is 31.4 Å². The van der Waals surface area contributed by atoms with Crippen molar-refractivity contribution in [2.75, 3.05) is 26.9 Å². The van der Waals surface area contributed by atoms with Crippen LogP contribution in [0.1, 0.15) is 12.5 Å². The normalized spacial score (nSPS) is 34.7. The van der Waals surface area contributed by atoms with Gasteiger partial charge in [0.1, 0.15) is 37.1 Å². The van der Waals surface area contributed by atoms with E-state index in [0.29, 0.717) is 5.56 Å². The molecule has 1 aromatic carbocycles. The van der Waals surface area contributed by atoms with Gasteiger partial charge in [0.2, 0.25) is 5.79 Å². The van der Waals surface area contributed by atoms with E-state index in [1.54, 1.807) is 0 Å². The Kier molecular flexibility index (Phi) is 10.2. The monoisotopic (exact) mass is 560 g/mol. The lowest BCUT2D eigenvalue weighted by atomic mass is 9.99. The fourth-order valence-electron chi connectivity index (χ4n) is 4.21. The molecule has 0 saturated carbocycles. The Labute approximate surface area is 222 Å². The Morgan fingerprint density at radius 2 is 1.72 bits per heavy atom.